The number of nitrogens with two attached hydrogens (primary N) is 1. The van der Waals surface area contributed by atoms with Crippen molar-refractivity contribution in [3.63, 3.8) is 0 Å². The van der Waals surface area contributed by atoms with E-state index in [0.29, 0.717) is 12.8 Å². The van der Waals surface area contributed by atoms with Crippen molar-refractivity contribution >= 4 is 11.7 Å². The van der Waals surface area contributed by atoms with Crippen LogP contribution in [0.1, 0.15) is 46.5 Å². The first-order valence-electron chi connectivity index (χ1n) is 6.32. The van der Waals surface area contributed by atoms with Gasteiger partial charge in [-0.3, -0.25) is 4.79 Å². The summed E-state index contributed by atoms with van der Waals surface area (Å²) in [6, 6.07) is 0.256. The summed E-state index contributed by atoms with van der Waals surface area (Å²) in [4.78, 5) is 14.5. The molecule has 0 bridgehead atoms. The van der Waals surface area contributed by atoms with Gasteiger partial charge in [0, 0.05) is 12.6 Å². The SMILES string of the molecule is CCC(CC)(C(=O)N1CCCC1C)C(N)=NO. The summed E-state index contributed by atoms with van der Waals surface area (Å²) >= 11 is 0. The van der Waals surface area contributed by atoms with Gasteiger partial charge in [-0.25, -0.2) is 0 Å². The number of carbonyl (C=O) groups excluding carboxylic acids is 1. The van der Waals surface area contributed by atoms with E-state index in [1.165, 1.54) is 0 Å². The largest absolute Gasteiger partial charge is 0.409 e. The lowest BCUT2D eigenvalue weighted by atomic mass is 9.79. The minimum absolute atomic E-state index is 0.00259. The Balaban J connectivity index is 3.02. The predicted molar refractivity (Wildman–Crippen MR) is 66.8 cm³/mol. The van der Waals surface area contributed by atoms with Crippen LogP contribution in [0.3, 0.4) is 0 Å². The lowest BCUT2D eigenvalue weighted by Crippen LogP contribution is -2.51. The van der Waals surface area contributed by atoms with Crippen LogP contribution in [0.25, 0.3) is 0 Å². The van der Waals surface area contributed by atoms with Crippen molar-refractivity contribution in [2.24, 2.45) is 16.3 Å². The van der Waals surface area contributed by atoms with Gasteiger partial charge in [0.2, 0.25) is 5.91 Å². The highest BCUT2D eigenvalue weighted by Gasteiger charge is 2.44. The Hall–Kier alpha value is -1.26. The van der Waals surface area contributed by atoms with E-state index < -0.39 is 5.41 Å². The summed E-state index contributed by atoms with van der Waals surface area (Å²) in [5.41, 5.74) is 4.90. The van der Waals surface area contributed by atoms with Crippen LogP contribution in [0.15, 0.2) is 5.16 Å². The molecule has 0 radical (unpaired) electrons. The molecule has 1 atom stereocenters. The maximum atomic E-state index is 12.6. The maximum absolute atomic E-state index is 12.6. The molecule has 0 aromatic carbocycles. The molecule has 0 spiro atoms. The fraction of sp³-hybridized carbons (Fsp3) is 0.833. The fourth-order valence-electron chi connectivity index (χ4n) is 2.63. The molecule has 0 saturated carbocycles. The lowest BCUT2D eigenvalue weighted by Gasteiger charge is -2.35. The highest BCUT2D eigenvalue weighted by molar-refractivity contribution is 6.06. The van der Waals surface area contributed by atoms with Crippen molar-refractivity contribution < 1.29 is 10.0 Å². The highest BCUT2D eigenvalue weighted by atomic mass is 16.4. The molecule has 98 valence electrons. The Labute approximate surface area is 103 Å². The average molecular weight is 241 g/mol. The van der Waals surface area contributed by atoms with Crippen LogP contribution in [0, 0.1) is 5.41 Å². The first-order valence-corrected chi connectivity index (χ1v) is 6.32. The zero-order valence-corrected chi connectivity index (χ0v) is 10.9. The summed E-state index contributed by atoms with van der Waals surface area (Å²) in [6.07, 6.45) is 3.18. The Morgan fingerprint density at radius 3 is 2.47 bits per heavy atom. The lowest BCUT2D eigenvalue weighted by molar-refractivity contribution is -0.139. The quantitative estimate of drug-likeness (QED) is 0.339. The number of rotatable bonds is 4. The highest BCUT2D eigenvalue weighted by Crippen LogP contribution is 2.32. The molecule has 1 rings (SSSR count). The zero-order chi connectivity index (χ0) is 13.1. The number of likely N-dealkylation sites (tertiary alicyclic amines) is 1. The number of nitrogens with zero attached hydrogens (tertiary/aromatic N) is 2. The third-order valence-electron chi connectivity index (χ3n) is 4.03. The third kappa shape index (κ3) is 2.23. The van der Waals surface area contributed by atoms with Crippen molar-refractivity contribution in [1.29, 1.82) is 0 Å². The molecule has 1 heterocycles. The van der Waals surface area contributed by atoms with Gasteiger partial charge in [0.25, 0.3) is 0 Å². The number of carbonyl (C=O) groups is 1. The molecule has 17 heavy (non-hydrogen) atoms. The van der Waals surface area contributed by atoms with Crippen molar-refractivity contribution in [3.8, 4) is 0 Å². The molecule has 5 nitrogen and oxygen atoms in total. The van der Waals surface area contributed by atoms with Crippen LogP contribution in [0.4, 0.5) is 0 Å². The third-order valence-corrected chi connectivity index (χ3v) is 4.03. The van der Waals surface area contributed by atoms with Crippen molar-refractivity contribution in [1.82, 2.24) is 4.90 Å². The van der Waals surface area contributed by atoms with E-state index in [9.17, 15) is 4.79 Å². The van der Waals surface area contributed by atoms with Crippen LogP contribution < -0.4 is 5.73 Å². The molecular formula is C12H23N3O2. The maximum Gasteiger partial charge on any atom is 0.236 e. The first-order chi connectivity index (χ1) is 8.03. The Morgan fingerprint density at radius 2 is 2.12 bits per heavy atom. The van der Waals surface area contributed by atoms with Gasteiger partial charge in [-0.2, -0.15) is 0 Å². The minimum atomic E-state index is -0.840. The van der Waals surface area contributed by atoms with E-state index in [1.54, 1.807) is 0 Å². The van der Waals surface area contributed by atoms with Crippen LogP contribution in [0.5, 0.6) is 0 Å². The van der Waals surface area contributed by atoms with Gasteiger partial charge >= 0.3 is 0 Å². The molecule has 1 saturated heterocycles. The summed E-state index contributed by atoms with van der Waals surface area (Å²) in [7, 11) is 0. The van der Waals surface area contributed by atoms with Crippen molar-refractivity contribution in [3.05, 3.63) is 0 Å². The second kappa shape index (κ2) is 5.38. The first kappa shape index (κ1) is 13.8. The fourth-order valence-corrected chi connectivity index (χ4v) is 2.63. The molecular weight excluding hydrogens is 218 g/mol. The predicted octanol–water partition coefficient (Wildman–Crippen LogP) is 1.55. The van der Waals surface area contributed by atoms with Crippen LogP contribution in [-0.2, 0) is 4.79 Å². The second-order valence-electron chi connectivity index (χ2n) is 4.76. The van der Waals surface area contributed by atoms with Crippen LogP contribution in [0.2, 0.25) is 0 Å². The van der Waals surface area contributed by atoms with Gasteiger partial charge in [0.15, 0.2) is 5.84 Å². The van der Waals surface area contributed by atoms with E-state index in [4.69, 9.17) is 10.9 Å². The van der Waals surface area contributed by atoms with Gasteiger partial charge in [0.05, 0.1) is 0 Å². The van der Waals surface area contributed by atoms with E-state index in [-0.39, 0.29) is 17.8 Å². The normalized spacial score (nSPS) is 21.9. The van der Waals surface area contributed by atoms with Gasteiger partial charge in [-0.15, -0.1) is 0 Å². The van der Waals surface area contributed by atoms with Gasteiger partial charge in [0.1, 0.15) is 5.41 Å². The van der Waals surface area contributed by atoms with E-state index in [0.717, 1.165) is 19.4 Å². The Kier molecular flexibility index (Phi) is 4.37. The number of amides is 1. The monoisotopic (exact) mass is 241 g/mol. The molecule has 3 N–H and O–H groups in total. The van der Waals surface area contributed by atoms with Crippen LogP contribution >= 0.6 is 0 Å². The second-order valence-corrected chi connectivity index (χ2v) is 4.76. The summed E-state index contributed by atoms with van der Waals surface area (Å²) < 4.78 is 0. The van der Waals surface area contributed by atoms with Gasteiger partial charge < -0.3 is 15.8 Å². The van der Waals surface area contributed by atoms with Gasteiger partial charge in [-0.05, 0) is 32.6 Å². The molecule has 1 fully saturated rings. The zero-order valence-electron chi connectivity index (χ0n) is 10.9. The summed E-state index contributed by atoms with van der Waals surface area (Å²) in [6.45, 7) is 6.63. The number of hydrogen-bond donors (Lipinski definition) is 2. The molecule has 1 aliphatic rings. The van der Waals surface area contributed by atoms with E-state index in [1.807, 2.05) is 25.7 Å². The molecule has 0 aliphatic carbocycles. The summed E-state index contributed by atoms with van der Waals surface area (Å²) in [5.74, 6) is 0.0365. The number of hydrogen-bond acceptors (Lipinski definition) is 3. The average Bonchev–Trinajstić information content (AvgIpc) is 2.77. The standard InChI is InChI=1S/C12H23N3O2/c1-4-12(5-2,10(13)14-17)11(16)15-8-6-7-9(15)3/h9,17H,4-8H2,1-3H3,(H2,13,14). The number of oxime groups is 1. The molecule has 1 unspecified atom stereocenters. The molecule has 1 aliphatic heterocycles. The van der Waals surface area contributed by atoms with E-state index >= 15 is 0 Å². The molecule has 1 amide bonds. The molecule has 0 aromatic heterocycles. The summed E-state index contributed by atoms with van der Waals surface area (Å²) in [5, 5.41) is 11.9. The molecule has 0 aromatic rings. The Morgan fingerprint density at radius 1 is 1.53 bits per heavy atom. The van der Waals surface area contributed by atoms with E-state index in [2.05, 4.69) is 5.16 Å². The van der Waals surface area contributed by atoms with Crippen molar-refractivity contribution in [2.75, 3.05) is 6.54 Å². The Bertz CT molecular complexity index is 311. The van der Waals surface area contributed by atoms with Gasteiger partial charge in [-0.1, -0.05) is 19.0 Å². The smallest absolute Gasteiger partial charge is 0.236 e. The van der Waals surface area contributed by atoms with Crippen molar-refractivity contribution in [2.45, 2.75) is 52.5 Å². The molecule has 5 heteroatoms. The minimum Gasteiger partial charge on any atom is -0.409 e. The van der Waals surface area contributed by atoms with Crippen LogP contribution in [-0.4, -0.2) is 34.4 Å². The topological polar surface area (TPSA) is 78.9 Å². The number of amidine groups is 1.